The van der Waals surface area contributed by atoms with Crippen LogP contribution in [0.2, 0.25) is 0 Å². The molecule has 0 aromatic carbocycles. The molecule has 2 aliphatic carbocycles. The van der Waals surface area contributed by atoms with Crippen molar-refractivity contribution in [1.29, 1.82) is 0 Å². The van der Waals surface area contributed by atoms with Gasteiger partial charge in [0, 0.05) is 5.41 Å². The number of carbonyl (C=O) groups excluding carboxylic acids is 2. The summed E-state index contributed by atoms with van der Waals surface area (Å²) in [5, 5.41) is 2.77. The molecule has 5 nitrogen and oxygen atoms in total. The van der Waals surface area contributed by atoms with Crippen LogP contribution in [0.25, 0.3) is 0 Å². The van der Waals surface area contributed by atoms with Gasteiger partial charge in [-0.25, -0.2) is 0 Å². The molecule has 3 atom stereocenters. The van der Waals surface area contributed by atoms with Crippen LogP contribution in [0.15, 0.2) is 0 Å². The van der Waals surface area contributed by atoms with Crippen molar-refractivity contribution in [3.05, 3.63) is 0 Å². The fraction of sp³-hybridized carbons (Fsp3) is 0.875. The van der Waals surface area contributed by atoms with Gasteiger partial charge in [-0.15, -0.1) is 0 Å². The lowest BCUT2D eigenvalue weighted by Crippen LogP contribution is -2.40. The first-order chi connectivity index (χ1) is 9.81. The Labute approximate surface area is 126 Å². The van der Waals surface area contributed by atoms with Crippen molar-refractivity contribution in [2.75, 3.05) is 19.7 Å². The summed E-state index contributed by atoms with van der Waals surface area (Å²) in [6, 6.07) is 0. The minimum Gasteiger partial charge on any atom is -0.465 e. The molecule has 21 heavy (non-hydrogen) atoms. The van der Waals surface area contributed by atoms with Crippen LogP contribution in [0.5, 0.6) is 0 Å². The molecule has 5 heteroatoms. The maximum Gasteiger partial charge on any atom is 0.320 e. The first-order valence-electron chi connectivity index (χ1n) is 7.87. The molecule has 0 aromatic heterocycles. The molecule has 0 radical (unpaired) electrons. The molecule has 120 valence electrons. The molecule has 0 saturated heterocycles. The van der Waals surface area contributed by atoms with Crippen molar-refractivity contribution >= 4 is 11.9 Å². The standard InChI is InChI=1S/C16H27NO4/c1-5-20-13(18)9-17-10-14(19)21-12-8-11-6-7-16(12,4)15(11,2)3/h11-12,17H,5-10H2,1-4H3/t11-,12+,16+/m1/s1. The Hall–Kier alpha value is -1.10. The second kappa shape index (κ2) is 5.95. The zero-order valence-electron chi connectivity index (χ0n) is 13.5. The molecular weight excluding hydrogens is 270 g/mol. The largest absolute Gasteiger partial charge is 0.465 e. The highest BCUT2D eigenvalue weighted by molar-refractivity contribution is 5.75. The van der Waals surface area contributed by atoms with E-state index in [-0.39, 0.29) is 42.0 Å². The second-order valence-corrected chi connectivity index (χ2v) is 7.00. The van der Waals surface area contributed by atoms with E-state index in [0.29, 0.717) is 12.5 Å². The van der Waals surface area contributed by atoms with E-state index in [9.17, 15) is 9.59 Å². The Bertz CT molecular complexity index is 421. The Balaban J connectivity index is 1.78. The van der Waals surface area contributed by atoms with Gasteiger partial charge >= 0.3 is 11.9 Å². The van der Waals surface area contributed by atoms with Crippen LogP contribution in [0.1, 0.15) is 47.0 Å². The Morgan fingerprint density at radius 1 is 1.19 bits per heavy atom. The number of esters is 2. The fourth-order valence-electron chi connectivity index (χ4n) is 3.99. The van der Waals surface area contributed by atoms with Crippen LogP contribution in [-0.2, 0) is 19.1 Å². The number of rotatable bonds is 6. The van der Waals surface area contributed by atoms with Crippen LogP contribution in [0, 0.1) is 16.7 Å². The van der Waals surface area contributed by atoms with Gasteiger partial charge in [-0.1, -0.05) is 20.8 Å². The number of nitrogens with one attached hydrogen (secondary N) is 1. The molecule has 1 N–H and O–H groups in total. The second-order valence-electron chi connectivity index (χ2n) is 7.00. The summed E-state index contributed by atoms with van der Waals surface area (Å²) in [5.41, 5.74) is 0.310. The summed E-state index contributed by atoms with van der Waals surface area (Å²) in [6.45, 7) is 9.01. The smallest absolute Gasteiger partial charge is 0.320 e. The van der Waals surface area contributed by atoms with Crippen LogP contribution in [0.3, 0.4) is 0 Å². The van der Waals surface area contributed by atoms with Crippen LogP contribution >= 0.6 is 0 Å². The van der Waals surface area contributed by atoms with Gasteiger partial charge < -0.3 is 9.47 Å². The van der Waals surface area contributed by atoms with E-state index in [1.165, 1.54) is 6.42 Å². The van der Waals surface area contributed by atoms with Crippen molar-refractivity contribution < 1.29 is 19.1 Å². The minimum absolute atomic E-state index is 0.00291. The highest BCUT2D eigenvalue weighted by Crippen LogP contribution is 2.66. The molecule has 0 aromatic rings. The molecule has 2 saturated carbocycles. The van der Waals surface area contributed by atoms with E-state index in [1.54, 1.807) is 6.92 Å². The summed E-state index contributed by atoms with van der Waals surface area (Å²) in [6.07, 6.45) is 3.33. The van der Waals surface area contributed by atoms with Gasteiger partial charge in [0.25, 0.3) is 0 Å². The molecule has 2 bridgehead atoms. The van der Waals surface area contributed by atoms with Gasteiger partial charge in [0.2, 0.25) is 0 Å². The summed E-state index contributed by atoms with van der Waals surface area (Å²) in [4.78, 5) is 23.1. The third-order valence-electron chi connectivity index (χ3n) is 5.83. The lowest BCUT2D eigenvalue weighted by atomic mass is 9.70. The average Bonchev–Trinajstić information content (AvgIpc) is 2.72. The van der Waals surface area contributed by atoms with E-state index in [0.717, 1.165) is 12.8 Å². The monoisotopic (exact) mass is 297 g/mol. The maximum absolute atomic E-state index is 11.9. The number of fused-ring (bicyclic) bond motifs is 2. The quantitative estimate of drug-likeness (QED) is 0.759. The first kappa shape index (κ1) is 16.3. The van der Waals surface area contributed by atoms with Crippen molar-refractivity contribution in [2.45, 2.75) is 53.1 Å². The van der Waals surface area contributed by atoms with Crippen molar-refractivity contribution in [3.8, 4) is 0 Å². The summed E-state index contributed by atoms with van der Waals surface area (Å²) in [5.74, 6) is 0.0139. The molecule has 0 heterocycles. The molecule has 0 aliphatic heterocycles. The summed E-state index contributed by atoms with van der Waals surface area (Å²) >= 11 is 0. The molecule has 2 rings (SSSR count). The summed E-state index contributed by atoms with van der Waals surface area (Å²) < 4.78 is 10.5. The third kappa shape index (κ3) is 2.93. The zero-order valence-corrected chi connectivity index (χ0v) is 13.5. The number of hydrogen-bond acceptors (Lipinski definition) is 5. The Kier molecular flexibility index (Phi) is 4.61. The third-order valence-corrected chi connectivity index (χ3v) is 5.83. The van der Waals surface area contributed by atoms with Crippen LogP contribution in [0.4, 0.5) is 0 Å². The SMILES string of the molecule is CCOC(=O)CNCC(=O)O[C@H]1C[C@H]2CC[C@]1(C)C2(C)C. The van der Waals surface area contributed by atoms with E-state index in [2.05, 4.69) is 26.1 Å². The average molecular weight is 297 g/mol. The van der Waals surface area contributed by atoms with Crippen molar-refractivity contribution in [2.24, 2.45) is 16.7 Å². The maximum atomic E-state index is 11.9. The predicted octanol–water partition coefficient (Wildman–Crippen LogP) is 1.90. The molecule has 0 amide bonds. The minimum atomic E-state index is -0.349. The highest BCUT2D eigenvalue weighted by atomic mass is 16.5. The van der Waals surface area contributed by atoms with E-state index in [4.69, 9.17) is 9.47 Å². The van der Waals surface area contributed by atoms with Crippen LogP contribution in [-0.4, -0.2) is 37.7 Å². The van der Waals surface area contributed by atoms with E-state index in [1.807, 2.05) is 0 Å². The fourth-order valence-corrected chi connectivity index (χ4v) is 3.99. The number of ether oxygens (including phenoxy) is 2. The van der Waals surface area contributed by atoms with Crippen molar-refractivity contribution in [3.63, 3.8) is 0 Å². The molecule has 2 aliphatic rings. The van der Waals surface area contributed by atoms with Gasteiger partial charge in [0.1, 0.15) is 6.10 Å². The predicted molar refractivity (Wildman–Crippen MR) is 78.6 cm³/mol. The van der Waals surface area contributed by atoms with Gasteiger partial charge in [-0.05, 0) is 37.5 Å². The topological polar surface area (TPSA) is 64.6 Å². The van der Waals surface area contributed by atoms with E-state index >= 15 is 0 Å². The van der Waals surface area contributed by atoms with Crippen LogP contribution < -0.4 is 5.32 Å². The molecule has 0 spiro atoms. The Morgan fingerprint density at radius 2 is 1.86 bits per heavy atom. The van der Waals surface area contributed by atoms with Gasteiger partial charge in [0.15, 0.2) is 0 Å². The molecule has 2 fully saturated rings. The first-order valence-corrected chi connectivity index (χ1v) is 7.87. The van der Waals surface area contributed by atoms with Gasteiger partial charge in [-0.2, -0.15) is 0 Å². The zero-order chi connectivity index (χ0) is 15.7. The normalized spacial score (nSPS) is 33.0. The van der Waals surface area contributed by atoms with Gasteiger partial charge in [-0.3, -0.25) is 14.9 Å². The lowest BCUT2D eigenvalue weighted by molar-refractivity contribution is -0.155. The summed E-state index contributed by atoms with van der Waals surface area (Å²) in [7, 11) is 0. The molecule has 0 unspecified atom stereocenters. The Morgan fingerprint density at radius 3 is 2.38 bits per heavy atom. The lowest BCUT2D eigenvalue weighted by Gasteiger charge is -2.38. The van der Waals surface area contributed by atoms with Crippen molar-refractivity contribution in [1.82, 2.24) is 5.32 Å². The van der Waals surface area contributed by atoms with Gasteiger partial charge in [0.05, 0.1) is 19.7 Å². The highest BCUT2D eigenvalue weighted by Gasteiger charge is 2.62. The molecular formula is C16H27NO4. The number of carbonyl (C=O) groups is 2. The number of hydrogen-bond donors (Lipinski definition) is 1. The van der Waals surface area contributed by atoms with E-state index < -0.39 is 0 Å².